The summed E-state index contributed by atoms with van der Waals surface area (Å²) in [4.78, 5) is 23.1. The van der Waals surface area contributed by atoms with Crippen molar-refractivity contribution in [3.8, 4) is 17.3 Å². The van der Waals surface area contributed by atoms with E-state index < -0.39 is 5.82 Å². The SMILES string of the molecule is CC(C)N(C(=O)c1cc(F)ccc1Oc1cncnc1-n1cccc1)C(C)C. The molecule has 7 heteroatoms. The molecule has 0 fully saturated rings. The van der Waals surface area contributed by atoms with Gasteiger partial charge in [0.25, 0.3) is 5.91 Å². The van der Waals surface area contributed by atoms with Crippen LogP contribution in [-0.2, 0) is 0 Å². The fourth-order valence-electron chi connectivity index (χ4n) is 3.13. The number of rotatable bonds is 6. The van der Waals surface area contributed by atoms with Gasteiger partial charge in [-0.3, -0.25) is 4.79 Å². The summed E-state index contributed by atoms with van der Waals surface area (Å²) in [7, 11) is 0. The molecular weight excluding hydrogens is 359 g/mol. The molecule has 0 bridgehead atoms. The van der Waals surface area contributed by atoms with Crippen molar-refractivity contribution < 1.29 is 13.9 Å². The van der Waals surface area contributed by atoms with Crippen LogP contribution in [0.4, 0.5) is 4.39 Å². The molecule has 0 spiro atoms. The summed E-state index contributed by atoms with van der Waals surface area (Å²) in [6.45, 7) is 7.69. The van der Waals surface area contributed by atoms with Gasteiger partial charge in [-0.05, 0) is 58.0 Å². The summed E-state index contributed by atoms with van der Waals surface area (Å²) in [5.41, 5.74) is 0.157. The second-order valence-corrected chi connectivity index (χ2v) is 6.94. The highest BCUT2D eigenvalue weighted by atomic mass is 19.1. The minimum Gasteiger partial charge on any atom is -0.451 e. The Balaban J connectivity index is 2.02. The van der Waals surface area contributed by atoms with Gasteiger partial charge < -0.3 is 14.2 Å². The maximum absolute atomic E-state index is 14.0. The predicted octanol–water partition coefficient (Wildman–Crippen LogP) is 4.46. The highest BCUT2D eigenvalue weighted by Gasteiger charge is 2.25. The number of halogens is 1. The van der Waals surface area contributed by atoms with E-state index in [0.29, 0.717) is 11.6 Å². The molecule has 1 aromatic carbocycles. The van der Waals surface area contributed by atoms with Crippen LogP contribution < -0.4 is 4.74 Å². The van der Waals surface area contributed by atoms with E-state index in [9.17, 15) is 9.18 Å². The monoisotopic (exact) mass is 382 g/mol. The minimum absolute atomic E-state index is 0.0425. The number of carbonyl (C=O) groups excluding carboxylic acids is 1. The largest absolute Gasteiger partial charge is 0.451 e. The van der Waals surface area contributed by atoms with Crippen molar-refractivity contribution in [2.45, 2.75) is 39.8 Å². The van der Waals surface area contributed by atoms with Crippen LogP contribution in [-0.4, -0.2) is 37.4 Å². The number of benzene rings is 1. The van der Waals surface area contributed by atoms with Gasteiger partial charge >= 0.3 is 0 Å². The molecule has 0 N–H and O–H groups in total. The van der Waals surface area contributed by atoms with E-state index in [0.717, 1.165) is 0 Å². The van der Waals surface area contributed by atoms with Gasteiger partial charge in [0.2, 0.25) is 0 Å². The maximum Gasteiger partial charge on any atom is 0.258 e. The molecule has 0 aliphatic rings. The average molecular weight is 382 g/mol. The Morgan fingerprint density at radius 1 is 1.11 bits per heavy atom. The number of hydrogen-bond acceptors (Lipinski definition) is 4. The zero-order valence-corrected chi connectivity index (χ0v) is 16.3. The molecule has 2 aromatic heterocycles. The lowest BCUT2D eigenvalue weighted by Crippen LogP contribution is -2.42. The van der Waals surface area contributed by atoms with Crippen molar-refractivity contribution >= 4 is 5.91 Å². The van der Waals surface area contributed by atoms with E-state index in [1.807, 2.05) is 52.2 Å². The molecule has 0 unspecified atom stereocenters. The zero-order chi connectivity index (χ0) is 20.3. The van der Waals surface area contributed by atoms with E-state index in [1.54, 1.807) is 9.47 Å². The van der Waals surface area contributed by atoms with Gasteiger partial charge in [-0.2, -0.15) is 0 Å². The molecule has 0 saturated carbocycles. The molecule has 0 atom stereocenters. The normalized spacial score (nSPS) is 11.1. The van der Waals surface area contributed by atoms with Crippen LogP contribution in [0.5, 0.6) is 11.5 Å². The third kappa shape index (κ3) is 4.03. The second-order valence-electron chi connectivity index (χ2n) is 6.94. The summed E-state index contributed by atoms with van der Waals surface area (Å²) >= 11 is 0. The number of amides is 1. The molecule has 146 valence electrons. The summed E-state index contributed by atoms with van der Waals surface area (Å²) in [5, 5.41) is 0. The molecule has 0 aliphatic heterocycles. The number of aromatic nitrogens is 3. The highest BCUT2D eigenvalue weighted by Crippen LogP contribution is 2.30. The van der Waals surface area contributed by atoms with Crippen LogP contribution in [0.1, 0.15) is 38.1 Å². The minimum atomic E-state index is -0.502. The second kappa shape index (κ2) is 8.21. The zero-order valence-electron chi connectivity index (χ0n) is 16.3. The quantitative estimate of drug-likeness (QED) is 0.632. The Labute approximate surface area is 163 Å². The first-order valence-electron chi connectivity index (χ1n) is 9.12. The Morgan fingerprint density at radius 2 is 1.79 bits per heavy atom. The van der Waals surface area contributed by atoms with Gasteiger partial charge in [-0.25, -0.2) is 14.4 Å². The molecule has 0 radical (unpaired) electrons. The number of carbonyl (C=O) groups is 1. The smallest absolute Gasteiger partial charge is 0.258 e. The summed E-state index contributed by atoms with van der Waals surface area (Å²) in [6.07, 6.45) is 6.58. The van der Waals surface area contributed by atoms with Gasteiger partial charge in [0.05, 0.1) is 11.8 Å². The van der Waals surface area contributed by atoms with Crippen LogP contribution >= 0.6 is 0 Å². The van der Waals surface area contributed by atoms with E-state index in [1.165, 1.54) is 30.7 Å². The third-order valence-electron chi connectivity index (χ3n) is 4.25. The lowest BCUT2D eigenvalue weighted by atomic mass is 10.1. The van der Waals surface area contributed by atoms with E-state index >= 15 is 0 Å². The van der Waals surface area contributed by atoms with E-state index in [4.69, 9.17) is 4.74 Å². The van der Waals surface area contributed by atoms with Crippen molar-refractivity contribution in [2.75, 3.05) is 0 Å². The number of hydrogen-bond donors (Lipinski definition) is 0. The molecule has 28 heavy (non-hydrogen) atoms. The van der Waals surface area contributed by atoms with Crippen molar-refractivity contribution in [2.24, 2.45) is 0 Å². The lowest BCUT2D eigenvalue weighted by molar-refractivity contribution is 0.0640. The fourth-order valence-corrected chi connectivity index (χ4v) is 3.13. The molecular formula is C21H23FN4O2. The summed E-state index contributed by atoms with van der Waals surface area (Å²) < 4.78 is 21.7. The average Bonchev–Trinajstić information content (AvgIpc) is 3.17. The van der Waals surface area contributed by atoms with E-state index in [2.05, 4.69) is 9.97 Å². The van der Waals surface area contributed by atoms with Crippen molar-refractivity contribution in [3.05, 3.63) is 66.6 Å². The molecule has 0 aliphatic carbocycles. The summed E-state index contributed by atoms with van der Waals surface area (Å²) in [6, 6.07) is 7.56. The number of nitrogens with zero attached hydrogens (tertiary/aromatic N) is 4. The Morgan fingerprint density at radius 3 is 2.43 bits per heavy atom. The van der Waals surface area contributed by atoms with Crippen LogP contribution in [0.25, 0.3) is 5.82 Å². The summed E-state index contributed by atoms with van der Waals surface area (Å²) in [5.74, 6) is 0.338. The Hall–Kier alpha value is -3.22. The van der Waals surface area contributed by atoms with Crippen LogP contribution in [0.2, 0.25) is 0 Å². The number of ether oxygens (including phenoxy) is 1. The topological polar surface area (TPSA) is 60.3 Å². The van der Waals surface area contributed by atoms with Crippen LogP contribution in [0.15, 0.2) is 55.2 Å². The lowest BCUT2D eigenvalue weighted by Gasteiger charge is -2.31. The molecule has 3 rings (SSSR count). The Kier molecular flexibility index (Phi) is 5.73. The van der Waals surface area contributed by atoms with Gasteiger partial charge in [-0.1, -0.05) is 0 Å². The standard InChI is InChI=1S/C21H23FN4O2/c1-14(2)26(15(3)4)21(27)17-11-16(22)7-8-18(17)28-19-12-23-13-24-20(19)25-9-5-6-10-25/h5-15H,1-4H3. The van der Waals surface area contributed by atoms with Gasteiger partial charge in [-0.15, -0.1) is 0 Å². The maximum atomic E-state index is 14.0. The Bertz CT molecular complexity index is 947. The fraction of sp³-hybridized carbons (Fsp3) is 0.286. The first-order chi connectivity index (χ1) is 13.4. The third-order valence-corrected chi connectivity index (χ3v) is 4.25. The van der Waals surface area contributed by atoms with Gasteiger partial charge in [0.1, 0.15) is 17.9 Å². The molecule has 1 amide bonds. The van der Waals surface area contributed by atoms with Crippen molar-refractivity contribution in [1.29, 1.82) is 0 Å². The molecule has 0 saturated heterocycles. The molecule has 2 heterocycles. The van der Waals surface area contributed by atoms with Gasteiger partial charge in [0, 0.05) is 24.5 Å². The van der Waals surface area contributed by atoms with Crippen LogP contribution in [0, 0.1) is 5.82 Å². The highest BCUT2D eigenvalue weighted by molar-refractivity contribution is 5.97. The first-order valence-corrected chi connectivity index (χ1v) is 9.12. The van der Waals surface area contributed by atoms with E-state index in [-0.39, 0.29) is 29.3 Å². The first kappa shape index (κ1) is 19.5. The predicted molar refractivity (Wildman–Crippen MR) is 104 cm³/mol. The van der Waals surface area contributed by atoms with Crippen molar-refractivity contribution in [1.82, 2.24) is 19.4 Å². The van der Waals surface area contributed by atoms with Crippen molar-refractivity contribution in [3.63, 3.8) is 0 Å². The molecule has 6 nitrogen and oxygen atoms in total. The van der Waals surface area contributed by atoms with Crippen LogP contribution in [0.3, 0.4) is 0 Å². The van der Waals surface area contributed by atoms with Gasteiger partial charge in [0.15, 0.2) is 11.6 Å². The molecule has 3 aromatic rings.